The molecule has 0 radical (unpaired) electrons. The number of hydrogen-bond acceptors (Lipinski definition) is 5. The molecule has 6 heteroatoms. The van der Waals surface area contributed by atoms with Crippen LogP contribution >= 0.6 is 0 Å². The number of aliphatic hydroxyl groups is 2. The number of allylic oxidation sites excluding steroid dienone is 1. The molecule has 1 atom stereocenters. The number of β-amino-alcohol motifs (C(OH)–C–C–N with tert-alkyl or cyclic N) is 1. The third kappa shape index (κ3) is 3.41. The number of benzene rings is 1. The fourth-order valence-electron chi connectivity index (χ4n) is 2.91. The van der Waals surface area contributed by atoms with Crippen molar-refractivity contribution in [1.29, 1.82) is 0 Å². The van der Waals surface area contributed by atoms with Gasteiger partial charge >= 0.3 is 0 Å². The van der Waals surface area contributed by atoms with E-state index in [1.807, 2.05) is 30.3 Å². The minimum absolute atomic E-state index is 0.0106. The van der Waals surface area contributed by atoms with Gasteiger partial charge in [-0.1, -0.05) is 42.5 Å². The van der Waals surface area contributed by atoms with E-state index >= 15 is 0 Å². The Hall–Kier alpha value is -3.25. The smallest absolute Gasteiger partial charge is 0.290 e. The number of pyridine rings is 1. The first-order valence-corrected chi connectivity index (χ1v) is 8.17. The normalized spacial score (nSPS) is 17.3. The van der Waals surface area contributed by atoms with Crippen molar-refractivity contribution in [2.24, 2.45) is 0 Å². The Balaban J connectivity index is 1.97. The molecule has 6 nitrogen and oxygen atoms in total. The van der Waals surface area contributed by atoms with Crippen LogP contribution in [-0.2, 0) is 9.59 Å². The zero-order valence-corrected chi connectivity index (χ0v) is 13.9. The van der Waals surface area contributed by atoms with Crippen LogP contribution < -0.4 is 0 Å². The van der Waals surface area contributed by atoms with E-state index in [9.17, 15) is 19.8 Å². The van der Waals surface area contributed by atoms with Gasteiger partial charge in [0, 0.05) is 12.7 Å². The van der Waals surface area contributed by atoms with Gasteiger partial charge in [0.25, 0.3) is 5.91 Å². The third-order valence-electron chi connectivity index (χ3n) is 4.10. The van der Waals surface area contributed by atoms with E-state index in [-0.39, 0.29) is 18.7 Å². The molecule has 132 valence electrons. The summed E-state index contributed by atoms with van der Waals surface area (Å²) in [7, 11) is 0. The topological polar surface area (TPSA) is 90.7 Å². The largest absolute Gasteiger partial charge is 0.503 e. The second-order valence-corrected chi connectivity index (χ2v) is 5.75. The van der Waals surface area contributed by atoms with Gasteiger partial charge in [0.15, 0.2) is 11.5 Å². The molecule has 0 aliphatic carbocycles. The molecule has 1 aromatic carbocycles. The Morgan fingerprint density at radius 3 is 2.54 bits per heavy atom. The molecule has 2 heterocycles. The lowest BCUT2D eigenvalue weighted by atomic mass is 9.99. The maximum absolute atomic E-state index is 12.7. The van der Waals surface area contributed by atoms with Gasteiger partial charge in [-0.05, 0) is 23.8 Å². The minimum atomic E-state index is -0.830. The summed E-state index contributed by atoms with van der Waals surface area (Å²) >= 11 is 0. The Bertz CT molecular complexity index is 860. The highest BCUT2D eigenvalue weighted by molar-refractivity contribution is 6.14. The van der Waals surface area contributed by atoms with Crippen LogP contribution in [0.5, 0.6) is 0 Å². The molecular formula is C20H18N2O4. The Morgan fingerprint density at radius 2 is 1.88 bits per heavy atom. The van der Waals surface area contributed by atoms with Crippen molar-refractivity contribution < 1.29 is 19.8 Å². The number of carbonyl (C=O) groups excluding carboxylic acids is 2. The highest BCUT2D eigenvalue weighted by atomic mass is 16.3. The maximum atomic E-state index is 12.7. The summed E-state index contributed by atoms with van der Waals surface area (Å²) < 4.78 is 0. The second kappa shape index (κ2) is 7.76. The van der Waals surface area contributed by atoms with Gasteiger partial charge in [-0.15, -0.1) is 0 Å². The standard InChI is InChI=1S/C20H18N2O4/c23-13-12-22-18(15-8-4-5-11-21-15)17(19(25)20(22)26)16(24)10-9-14-6-2-1-3-7-14/h1-11,18,23,25H,12-13H2/b10-9+. The summed E-state index contributed by atoms with van der Waals surface area (Å²) in [5.74, 6) is -1.77. The summed E-state index contributed by atoms with van der Waals surface area (Å²) in [5.41, 5.74) is 1.25. The van der Waals surface area contributed by atoms with E-state index in [0.717, 1.165) is 5.56 Å². The zero-order valence-electron chi connectivity index (χ0n) is 13.9. The number of hydrogen-bond donors (Lipinski definition) is 2. The summed E-state index contributed by atoms with van der Waals surface area (Å²) in [5, 5.41) is 19.5. The number of ketones is 1. The molecular weight excluding hydrogens is 332 g/mol. The first-order valence-electron chi connectivity index (χ1n) is 8.17. The van der Waals surface area contributed by atoms with Crippen molar-refractivity contribution in [1.82, 2.24) is 9.88 Å². The van der Waals surface area contributed by atoms with Gasteiger partial charge in [-0.25, -0.2) is 0 Å². The van der Waals surface area contributed by atoms with Crippen molar-refractivity contribution in [3.63, 3.8) is 0 Å². The van der Waals surface area contributed by atoms with Crippen LogP contribution in [0.15, 0.2) is 72.1 Å². The highest BCUT2D eigenvalue weighted by Gasteiger charge is 2.43. The van der Waals surface area contributed by atoms with E-state index in [1.165, 1.54) is 11.0 Å². The van der Waals surface area contributed by atoms with Crippen molar-refractivity contribution in [3.05, 3.63) is 83.4 Å². The second-order valence-electron chi connectivity index (χ2n) is 5.75. The van der Waals surface area contributed by atoms with Crippen molar-refractivity contribution >= 4 is 17.8 Å². The number of aromatic nitrogens is 1. The van der Waals surface area contributed by atoms with E-state index in [1.54, 1.807) is 30.5 Å². The van der Waals surface area contributed by atoms with Gasteiger partial charge in [0.1, 0.15) is 6.04 Å². The lowest BCUT2D eigenvalue weighted by Crippen LogP contribution is -2.33. The first kappa shape index (κ1) is 17.6. The molecule has 3 rings (SSSR count). The Kier molecular flexibility index (Phi) is 5.24. The molecule has 1 aliphatic heterocycles. The van der Waals surface area contributed by atoms with Crippen molar-refractivity contribution in [3.8, 4) is 0 Å². The first-order chi connectivity index (χ1) is 12.6. The summed E-state index contributed by atoms with van der Waals surface area (Å²) in [4.78, 5) is 30.6. The number of amides is 1. The van der Waals surface area contributed by atoms with Gasteiger partial charge in [0.2, 0.25) is 0 Å². The van der Waals surface area contributed by atoms with Gasteiger partial charge in [0.05, 0.1) is 17.9 Å². The maximum Gasteiger partial charge on any atom is 0.290 e. The lowest BCUT2D eigenvalue weighted by Gasteiger charge is -2.24. The molecule has 0 saturated heterocycles. The number of aliphatic hydroxyl groups excluding tert-OH is 2. The number of nitrogens with zero attached hydrogens (tertiary/aromatic N) is 2. The Labute approximate surface area is 150 Å². The van der Waals surface area contributed by atoms with Gasteiger partial charge < -0.3 is 15.1 Å². The van der Waals surface area contributed by atoms with Crippen molar-refractivity contribution in [2.75, 3.05) is 13.2 Å². The predicted molar refractivity (Wildman–Crippen MR) is 95.9 cm³/mol. The molecule has 0 fully saturated rings. The van der Waals surface area contributed by atoms with Crippen LogP contribution in [-0.4, -0.2) is 44.9 Å². The average molecular weight is 350 g/mol. The van der Waals surface area contributed by atoms with Crippen LogP contribution in [0.1, 0.15) is 17.3 Å². The lowest BCUT2D eigenvalue weighted by molar-refractivity contribution is -0.130. The monoisotopic (exact) mass is 350 g/mol. The molecule has 1 aliphatic rings. The number of carbonyl (C=O) groups is 2. The van der Waals surface area contributed by atoms with E-state index in [2.05, 4.69) is 4.98 Å². The van der Waals surface area contributed by atoms with Crippen molar-refractivity contribution in [2.45, 2.75) is 6.04 Å². The van der Waals surface area contributed by atoms with Crippen LogP contribution in [0.25, 0.3) is 6.08 Å². The molecule has 1 amide bonds. The van der Waals surface area contributed by atoms with Gasteiger partial charge in [-0.3, -0.25) is 14.6 Å². The molecule has 0 spiro atoms. The zero-order chi connectivity index (χ0) is 18.5. The fraction of sp³-hybridized carbons (Fsp3) is 0.150. The minimum Gasteiger partial charge on any atom is -0.503 e. The molecule has 26 heavy (non-hydrogen) atoms. The summed E-state index contributed by atoms with van der Waals surface area (Å²) in [6.45, 7) is -0.299. The van der Waals surface area contributed by atoms with Crippen LogP contribution in [0.4, 0.5) is 0 Å². The Morgan fingerprint density at radius 1 is 1.15 bits per heavy atom. The summed E-state index contributed by atoms with van der Waals surface area (Å²) in [6.07, 6.45) is 4.50. The quantitative estimate of drug-likeness (QED) is 0.778. The molecule has 1 unspecified atom stereocenters. The fourth-order valence-corrected chi connectivity index (χ4v) is 2.91. The average Bonchev–Trinajstić information content (AvgIpc) is 2.93. The SMILES string of the molecule is O=C(/C=C/c1ccccc1)C1=C(O)C(=O)N(CCO)C1c1ccccn1. The van der Waals surface area contributed by atoms with Gasteiger partial charge in [-0.2, -0.15) is 0 Å². The molecule has 1 aromatic heterocycles. The van der Waals surface area contributed by atoms with Crippen LogP contribution in [0, 0.1) is 0 Å². The third-order valence-corrected chi connectivity index (χ3v) is 4.10. The molecule has 0 saturated carbocycles. The molecule has 0 bridgehead atoms. The predicted octanol–water partition coefficient (Wildman–Crippen LogP) is 2.05. The van der Waals surface area contributed by atoms with E-state index < -0.39 is 23.5 Å². The molecule has 2 aromatic rings. The summed E-state index contributed by atoms with van der Waals surface area (Å²) in [6, 6.07) is 13.5. The highest BCUT2D eigenvalue weighted by Crippen LogP contribution is 2.36. The molecule has 2 N–H and O–H groups in total. The van der Waals surface area contributed by atoms with Crippen LogP contribution in [0.3, 0.4) is 0 Å². The van der Waals surface area contributed by atoms with Crippen LogP contribution in [0.2, 0.25) is 0 Å². The van der Waals surface area contributed by atoms with E-state index in [0.29, 0.717) is 5.69 Å². The number of rotatable bonds is 6. The van der Waals surface area contributed by atoms with E-state index in [4.69, 9.17) is 0 Å².